The molecule has 1 aromatic heterocycles. The van der Waals surface area contributed by atoms with Crippen LogP contribution in [0.4, 0.5) is 0 Å². The van der Waals surface area contributed by atoms with E-state index >= 15 is 0 Å². The Labute approximate surface area is 145 Å². The molecule has 3 rings (SSSR count). The van der Waals surface area contributed by atoms with Gasteiger partial charge in [0, 0.05) is 35.5 Å². The van der Waals surface area contributed by atoms with Gasteiger partial charge >= 0.3 is 0 Å². The molecule has 2 N–H and O–H groups in total. The molecule has 2 amide bonds. The van der Waals surface area contributed by atoms with Crippen LogP contribution in [0.25, 0.3) is 0 Å². The summed E-state index contributed by atoms with van der Waals surface area (Å²) in [6.07, 6.45) is 3.00. The monoisotopic (exact) mass is 343 g/mol. The Bertz CT molecular complexity index is 739. The van der Waals surface area contributed by atoms with E-state index < -0.39 is 5.91 Å². The van der Waals surface area contributed by atoms with Gasteiger partial charge in [-0.15, -0.1) is 11.3 Å². The number of carbonyl (C=O) groups is 2. The minimum Gasteiger partial charge on any atom is -0.366 e. The third kappa shape index (κ3) is 3.48. The number of thiazole rings is 1. The van der Waals surface area contributed by atoms with Gasteiger partial charge in [-0.1, -0.05) is 6.92 Å². The van der Waals surface area contributed by atoms with Crippen molar-refractivity contribution >= 4 is 23.2 Å². The molecule has 24 heavy (non-hydrogen) atoms. The average molecular weight is 343 g/mol. The number of aryl methyl sites for hydroxylation is 1. The fraction of sp³-hybridized carbons (Fsp3) is 0.389. The number of aromatic nitrogens is 1. The maximum Gasteiger partial charge on any atom is 0.253 e. The number of rotatable bonds is 4. The van der Waals surface area contributed by atoms with Gasteiger partial charge < -0.3 is 10.6 Å². The van der Waals surface area contributed by atoms with E-state index in [0.29, 0.717) is 23.6 Å². The lowest BCUT2D eigenvalue weighted by Gasteiger charge is -2.32. The number of nitrogens with zero attached hydrogens (tertiary/aromatic N) is 2. The molecule has 1 atom stereocenters. The normalized spacial score (nSPS) is 17.7. The first-order valence-corrected chi connectivity index (χ1v) is 9.10. The molecule has 2 aromatic rings. The fourth-order valence-electron chi connectivity index (χ4n) is 3.00. The summed E-state index contributed by atoms with van der Waals surface area (Å²) in [5, 5.41) is 3.24. The molecule has 1 fully saturated rings. The zero-order valence-electron chi connectivity index (χ0n) is 13.7. The molecule has 5 nitrogen and oxygen atoms in total. The van der Waals surface area contributed by atoms with Crippen molar-refractivity contribution in [3.05, 3.63) is 51.5 Å². The summed E-state index contributed by atoms with van der Waals surface area (Å²) in [6, 6.07) is 6.55. The molecule has 1 aliphatic rings. The standard InChI is InChI=1S/C18H21N3O2S/c1-2-15-11-24-17(20-15)14-4-3-9-21(10-14)18(23)13-7-5-12(6-8-13)16(19)22/h5-8,11,14H,2-4,9-10H2,1H3,(H2,19,22). The molecule has 0 saturated carbocycles. The first-order valence-electron chi connectivity index (χ1n) is 8.22. The number of piperidine rings is 1. The molecule has 0 bridgehead atoms. The summed E-state index contributed by atoms with van der Waals surface area (Å²) in [5.41, 5.74) is 7.37. The van der Waals surface area contributed by atoms with Gasteiger partial charge in [0.25, 0.3) is 5.91 Å². The Morgan fingerprint density at radius 1 is 1.29 bits per heavy atom. The molecule has 1 aliphatic heterocycles. The average Bonchev–Trinajstić information content (AvgIpc) is 3.10. The van der Waals surface area contributed by atoms with Crippen LogP contribution in [-0.2, 0) is 6.42 Å². The van der Waals surface area contributed by atoms with E-state index in [2.05, 4.69) is 17.3 Å². The second-order valence-corrected chi connectivity index (χ2v) is 6.95. The Morgan fingerprint density at radius 3 is 2.62 bits per heavy atom. The largest absolute Gasteiger partial charge is 0.366 e. The number of hydrogen-bond acceptors (Lipinski definition) is 4. The minimum absolute atomic E-state index is 0.00277. The molecule has 2 heterocycles. The van der Waals surface area contributed by atoms with Crippen molar-refractivity contribution in [3.8, 4) is 0 Å². The maximum absolute atomic E-state index is 12.7. The Morgan fingerprint density at radius 2 is 2.00 bits per heavy atom. The van der Waals surface area contributed by atoms with Crippen molar-refractivity contribution in [2.45, 2.75) is 32.1 Å². The van der Waals surface area contributed by atoms with E-state index in [1.807, 2.05) is 4.90 Å². The van der Waals surface area contributed by atoms with Crippen molar-refractivity contribution in [3.63, 3.8) is 0 Å². The van der Waals surface area contributed by atoms with E-state index in [1.165, 1.54) is 0 Å². The van der Waals surface area contributed by atoms with Crippen molar-refractivity contribution in [1.82, 2.24) is 9.88 Å². The molecular formula is C18H21N3O2S. The van der Waals surface area contributed by atoms with Crippen molar-refractivity contribution < 1.29 is 9.59 Å². The number of carbonyl (C=O) groups excluding carboxylic acids is 2. The number of hydrogen-bond donors (Lipinski definition) is 1. The zero-order chi connectivity index (χ0) is 17.1. The van der Waals surface area contributed by atoms with Gasteiger partial charge in [0.05, 0.1) is 10.7 Å². The van der Waals surface area contributed by atoms with Crippen LogP contribution >= 0.6 is 11.3 Å². The van der Waals surface area contributed by atoms with E-state index in [0.717, 1.165) is 36.5 Å². The fourth-order valence-corrected chi connectivity index (χ4v) is 4.03. The highest BCUT2D eigenvalue weighted by Gasteiger charge is 2.27. The molecule has 0 spiro atoms. The van der Waals surface area contributed by atoms with Gasteiger partial charge in [-0.25, -0.2) is 4.98 Å². The molecule has 1 unspecified atom stereocenters. The number of likely N-dealkylation sites (tertiary alicyclic amines) is 1. The van der Waals surface area contributed by atoms with Gasteiger partial charge in [0.15, 0.2) is 0 Å². The molecular weight excluding hydrogens is 322 g/mol. The van der Waals surface area contributed by atoms with Crippen LogP contribution in [-0.4, -0.2) is 34.8 Å². The van der Waals surface area contributed by atoms with E-state index in [-0.39, 0.29) is 5.91 Å². The lowest BCUT2D eigenvalue weighted by atomic mass is 9.98. The maximum atomic E-state index is 12.7. The Hall–Kier alpha value is -2.21. The molecule has 0 radical (unpaired) electrons. The summed E-state index contributed by atoms with van der Waals surface area (Å²) in [4.78, 5) is 30.4. The third-order valence-corrected chi connectivity index (χ3v) is 5.46. The van der Waals surface area contributed by atoms with E-state index in [9.17, 15) is 9.59 Å². The van der Waals surface area contributed by atoms with Crippen LogP contribution in [0, 0.1) is 0 Å². The molecule has 126 valence electrons. The van der Waals surface area contributed by atoms with Crippen molar-refractivity contribution in [1.29, 1.82) is 0 Å². The van der Waals surface area contributed by atoms with Crippen molar-refractivity contribution in [2.75, 3.05) is 13.1 Å². The number of benzene rings is 1. The topological polar surface area (TPSA) is 76.3 Å². The quantitative estimate of drug-likeness (QED) is 0.927. The van der Waals surface area contributed by atoms with Gasteiger partial charge in [-0.2, -0.15) is 0 Å². The van der Waals surface area contributed by atoms with Crippen LogP contribution in [0.2, 0.25) is 0 Å². The number of nitrogens with two attached hydrogens (primary N) is 1. The first-order chi connectivity index (χ1) is 11.6. The highest BCUT2D eigenvalue weighted by Crippen LogP contribution is 2.30. The molecule has 0 aliphatic carbocycles. The smallest absolute Gasteiger partial charge is 0.253 e. The van der Waals surface area contributed by atoms with Crippen LogP contribution < -0.4 is 5.73 Å². The molecule has 6 heteroatoms. The predicted octanol–water partition coefficient (Wildman–Crippen LogP) is 2.82. The molecule has 1 aromatic carbocycles. The first kappa shape index (κ1) is 16.6. The van der Waals surface area contributed by atoms with Gasteiger partial charge in [-0.3, -0.25) is 9.59 Å². The van der Waals surface area contributed by atoms with Crippen LogP contribution in [0.15, 0.2) is 29.6 Å². The van der Waals surface area contributed by atoms with Crippen LogP contribution in [0.1, 0.15) is 57.1 Å². The summed E-state index contributed by atoms with van der Waals surface area (Å²) in [6.45, 7) is 3.57. The van der Waals surface area contributed by atoms with E-state index in [1.54, 1.807) is 35.6 Å². The Kier molecular flexibility index (Phi) is 4.94. The summed E-state index contributed by atoms with van der Waals surface area (Å²) in [7, 11) is 0. The Balaban J connectivity index is 1.71. The highest BCUT2D eigenvalue weighted by molar-refractivity contribution is 7.09. The summed E-state index contributed by atoms with van der Waals surface area (Å²) < 4.78 is 0. The zero-order valence-corrected chi connectivity index (χ0v) is 14.5. The van der Waals surface area contributed by atoms with Crippen LogP contribution in [0.5, 0.6) is 0 Å². The second-order valence-electron chi connectivity index (χ2n) is 6.06. The van der Waals surface area contributed by atoms with Gasteiger partial charge in [0.2, 0.25) is 5.91 Å². The highest BCUT2D eigenvalue weighted by atomic mass is 32.1. The lowest BCUT2D eigenvalue weighted by Crippen LogP contribution is -2.39. The van der Waals surface area contributed by atoms with Gasteiger partial charge in [0.1, 0.15) is 0 Å². The summed E-state index contributed by atoms with van der Waals surface area (Å²) >= 11 is 1.69. The predicted molar refractivity (Wildman–Crippen MR) is 94.3 cm³/mol. The number of amides is 2. The van der Waals surface area contributed by atoms with E-state index in [4.69, 9.17) is 5.73 Å². The lowest BCUT2D eigenvalue weighted by molar-refractivity contribution is 0.0706. The minimum atomic E-state index is -0.484. The molecule has 1 saturated heterocycles. The van der Waals surface area contributed by atoms with Gasteiger partial charge in [-0.05, 0) is 43.5 Å². The second kappa shape index (κ2) is 7.13. The SMILES string of the molecule is CCc1csc(C2CCCN(C(=O)c3ccc(C(N)=O)cc3)C2)n1. The van der Waals surface area contributed by atoms with Crippen LogP contribution in [0.3, 0.4) is 0 Å². The number of primary amides is 1. The third-order valence-electron chi connectivity index (χ3n) is 4.41. The summed E-state index contributed by atoms with van der Waals surface area (Å²) in [5.74, 6) is -0.164. The van der Waals surface area contributed by atoms with Crippen molar-refractivity contribution in [2.24, 2.45) is 5.73 Å².